The second kappa shape index (κ2) is 8.03. The zero-order valence-electron chi connectivity index (χ0n) is 14.3. The van der Waals surface area contributed by atoms with Crippen LogP contribution in [0.4, 0.5) is 0 Å². The van der Waals surface area contributed by atoms with E-state index in [0.717, 1.165) is 26.2 Å². The lowest BCUT2D eigenvalue weighted by Crippen LogP contribution is -2.32. The van der Waals surface area contributed by atoms with Gasteiger partial charge in [-0.2, -0.15) is 0 Å². The van der Waals surface area contributed by atoms with Crippen LogP contribution in [-0.2, 0) is 4.79 Å². The summed E-state index contributed by atoms with van der Waals surface area (Å²) in [6, 6.07) is 20.8. The van der Waals surface area contributed by atoms with E-state index >= 15 is 0 Å². The van der Waals surface area contributed by atoms with Gasteiger partial charge in [0.15, 0.2) is 0 Å². The Bertz CT molecular complexity index is 640. The fraction of sp³-hybridized carbons (Fsp3) is 0.381. The Morgan fingerprint density at radius 1 is 0.920 bits per heavy atom. The summed E-state index contributed by atoms with van der Waals surface area (Å²) < 4.78 is 0. The average molecular weight is 357 g/mol. The number of hydrogen-bond donors (Lipinski definition) is 1. The molecule has 0 bridgehead atoms. The molecule has 2 aliphatic rings. The summed E-state index contributed by atoms with van der Waals surface area (Å²) in [5.74, 6) is 1.74. The van der Waals surface area contributed by atoms with Gasteiger partial charge in [0.2, 0.25) is 5.91 Å². The number of benzene rings is 2. The fourth-order valence-corrected chi connectivity index (χ4v) is 4.16. The predicted octanol–water partition coefficient (Wildman–Crippen LogP) is 3.31. The first-order valence-electron chi connectivity index (χ1n) is 8.89. The minimum absolute atomic E-state index is 0. The first-order chi connectivity index (χ1) is 11.8. The van der Waals surface area contributed by atoms with Crippen LogP contribution in [-0.4, -0.2) is 37.0 Å². The van der Waals surface area contributed by atoms with Gasteiger partial charge in [-0.1, -0.05) is 60.7 Å². The topological polar surface area (TPSA) is 32.3 Å². The Kier molecular flexibility index (Phi) is 5.77. The summed E-state index contributed by atoms with van der Waals surface area (Å²) >= 11 is 0. The van der Waals surface area contributed by atoms with Crippen LogP contribution in [0, 0.1) is 11.8 Å². The normalized spacial score (nSPS) is 21.9. The molecule has 0 unspecified atom stereocenters. The number of amides is 1. The van der Waals surface area contributed by atoms with Crippen molar-refractivity contribution in [2.24, 2.45) is 11.8 Å². The van der Waals surface area contributed by atoms with E-state index in [1.54, 1.807) is 0 Å². The third-order valence-electron chi connectivity index (χ3n) is 5.52. The van der Waals surface area contributed by atoms with Crippen LogP contribution in [0.3, 0.4) is 0 Å². The average Bonchev–Trinajstić information content (AvgIpc) is 3.23. The van der Waals surface area contributed by atoms with Gasteiger partial charge < -0.3 is 10.2 Å². The van der Waals surface area contributed by atoms with Crippen molar-refractivity contribution in [3.05, 3.63) is 71.8 Å². The van der Waals surface area contributed by atoms with Crippen molar-refractivity contribution in [1.29, 1.82) is 0 Å². The van der Waals surface area contributed by atoms with E-state index in [0.29, 0.717) is 24.2 Å². The molecule has 0 aromatic heterocycles. The van der Waals surface area contributed by atoms with Crippen molar-refractivity contribution in [3.8, 4) is 0 Å². The predicted molar refractivity (Wildman–Crippen MR) is 103 cm³/mol. The highest BCUT2D eigenvalue weighted by molar-refractivity contribution is 5.85. The molecule has 0 aliphatic carbocycles. The summed E-state index contributed by atoms with van der Waals surface area (Å²) in [6.45, 7) is 3.98. The Labute approximate surface area is 155 Å². The molecule has 4 heteroatoms. The number of likely N-dealkylation sites (tertiary alicyclic amines) is 1. The molecule has 2 aliphatic heterocycles. The highest BCUT2D eigenvalue weighted by Crippen LogP contribution is 2.31. The Morgan fingerprint density at radius 2 is 1.40 bits per heavy atom. The third kappa shape index (κ3) is 3.88. The van der Waals surface area contributed by atoms with Crippen LogP contribution in [0.25, 0.3) is 0 Å². The zero-order valence-corrected chi connectivity index (χ0v) is 15.1. The number of halogens is 1. The van der Waals surface area contributed by atoms with Gasteiger partial charge in [-0.05, 0) is 23.0 Å². The highest BCUT2D eigenvalue weighted by atomic mass is 35.5. The lowest BCUT2D eigenvalue weighted by molar-refractivity contribution is -0.130. The van der Waals surface area contributed by atoms with Crippen molar-refractivity contribution < 1.29 is 4.79 Å². The molecule has 0 radical (unpaired) electrons. The minimum atomic E-state index is 0. The second-order valence-electron chi connectivity index (χ2n) is 7.06. The molecule has 25 heavy (non-hydrogen) atoms. The smallest absolute Gasteiger partial charge is 0.223 e. The fourth-order valence-electron chi connectivity index (χ4n) is 4.16. The van der Waals surface area contributed by atoms with Crippen molar-refractivity contribution >= 4 is 18.3 Å². The van der Waals surface area contributed by atoms with Gasteiger partial charge >= 0.3 is 0 Å². The van der Waals surface area contributed by atoms with E-state index in [1.165, 1.54) is 11.1 Å². The third-order valence-corrected chi connectivity index (χ3v) is 5.52. The van der Waals surface area contributed by atoms with Crippen molar-refractivity contribution in [2.45, 2.75) is 12.3 Å². The molecular formula is C21H25ClN2O. The number of rotatable bonds is 4. The van der Waals surface area contributed by atoms with Crippen LogP contribution >= 0.6 is 12.4 Å². The molecule has 2 aromatic rings. The maximum atomic E-state index is 12.9. The Hall–Kier alpha value is -1.84. The Morgan fingerprint density at radius 3 is 1.88 bits per heavy atom. The van der Waals surface area contributed by atoms with Crippen LogP contribution < -0.4 is 5.32 Å². The Balaban J connectivity index is 0.00000182. The van der Waals surface area contributed by atoms with Crippen LogP contribution in [0.2, 0.25) is 0 Å². The SMILES string of the molecule is Cl.O=C(CC(c1ccccc1)c1ccccc1)N1C[C@H]2CNC[C@H]2C1. The summed E-state index contributed by atoms with van der Waals surface area (Å²) in [4.78, 5) is 15.0. The van der Waals surface area contributed by atoms with E-state index in [4.69, 9.17) is 0 Å². The molecule has 2 aromatic carbocycles. The molecule has 0 spiro atoms. The number of hydrogen-bond acceptors (Lipinski definition) is 2. The van der Waals surface area contributed by atoms with Gasteiger partial charge in [0.25, 0.3) is 0 Å². The zero-order chi connectivity index (χ0) is 16.4. The number of carbonyl (C=O) groups is 1. The number of nitrogens with zero attached hydrogens (tertiary/aromatic N) is 1. The van der Waals surface area contributed by atoms with Crippen molar-refractivity contribution in [2.75, 3.05) is 26.2 Å². The monoisotopic (exact) mass is 356 g/mol. The van der Waals surface area contributed by atoms with Gasteiger partial charge in [-0.15, -0.1) is 12.4 Å². The van der Waals surface area contributed by atoms with E-state index in [9.17, 15) is 4.79 Å². The molecule has 2 saturated heterocycles. The molecule has 132 valence electrons. The molecule has 3 nitrogen and oxygen atoms in total. The molecular weight excluding hydrogens is 332 g/mol. The summed E-state index contributed by atoms with van der Waals surface area (Å²) in [5.41, 5.74) is 2.44. The van der Waals surface area contributed by atoms with Crippen molar-refractivity contribution in [3.63, 3.8) is 0 Å². The largest absolute Gasteiger partial charge is 0.342 e. The molecule has 1 N–H and O–H groups in total. The van der Waals surface area contributed by atoms with Gasteiger partial charge in [-0.3, -0.25) is 4.79 Å². The van der Waals surface area contributed by atoms with E-state index < -0.39 is 0 Å². The van der Waals surface area contributed by atoms with Gasteiger partial charge in [0.1, 0.15) is 0 Å². The van der Waals surface area contributed by atoms with E-state index in [2.05, 4.69) is 58.7 Å². The minimum Gasteiger partial charge on any atom is -0.342 e. The van der Waals surface area contributed by atoms with Crippen LogP contribution in [0.1, 0.15) is 23.5 Å². The lowest BCUT2D eigenvalue weighted by atomic mass is 9.88. The number of carbonyl (C=O) groups excluding carboxylic acids is 1. The van der Waals surface area contributed by atoms with Gasteiger partial charge in [-0.25, -0.2) is 0 Å². The summed E-state index contributed by atoms with van der Waals surface area (Å²) in [6.07, 6.45) is 0.556. The van der Waals surface area contributed by atoms with Crippen LogP contribution in [0.5, 0.6) is 0 Å². The molecule has 0 saturated carbocycles. The van der Waals surface area contributed by atoms with Gasteiger partial charge in [0, 0.05) is 38.5 Å². The van der Waals surface area contributed by atoms with Crippen LogP contribution in [0.15, 0.2) is 60.7 Å². The summed E-state index contributed by atoms with van der Waals surface area (Å²) in [7, 11) is 0. The van der Waals surface area contributed by atoms with Crippen molar-refractivity contribution in [1.82, 2.24) is 10.2 Å². The quantitative estimate of drug-likeness (QED) is 0.911. The first-order valence-corrected chi connectivity index (χ1v) is 8.89. The van der Waals surface area contributed by atoms with Gasteiger partial charge in [0.05, 0.1) is 0 Å². The maximum Gasteiger partial charge on any atom is 0.223 e. The number of fused-ring (bicyclic) bond motifs is 1. The molecule has 2 heterocycles. The highest BCUT2D eigenvalue weighted by Gasteiger charge is 2.38. The molecule has 1 amide bonds. The standard InChI is InChI=1S/C21H24N2O.ClH/c24-21(23-14-18-12-22-13-19(18)15-23)11-20(16-7-3-1-4-8-16)17-9-5-2-6-10-17;/h1-10,18-20,22H,11-15H2;1H/t18-,19+;. The molecule has 2 fully saturated rings. The lowest BCUT2D eigenvalue weighted by Gasteiger charge is -2.23. The maximum absolute atomic E-state index is 12.9. The number of nitrogens with one attached hydrogen (secondary N) is 1. The van der Waals surface area contributed by atoms with E-state index in [-0.39, 0.29) is 18.3 Å². The van der Waals surface area contributed by atoms with E-state index in [1.807, 2.05) is 12.1 Å². The molecule has 4 rings (SSSR count). The second-order valence-corrected chi connectivity index (χ2v) is 7.06. The first kappa shape index (κ1) is 18.0. The molecule has 2 atom stereocenters. The summed E-state index contributed by atoms with van der Waals surface area (Å²) in [5, 5.41) is 3.44.